The summed E-state index contributed by atoms with van der Waals surface area (Å²) in [5.41, 5.74) is 5.58. The van der Waals surface area contributed by atoms with Crippen molar-refractivity contribution in [3.8, 4) is 0 Å². The summed E-state index contributed by atoms with van der Waals surface area (Å²) in [6.45, 7) is 0. The quantitative estimate of drug-likeness (QED) is 0.286. The van der Waals surface area contributed by atoms with Gasteiger partial charge in [-0.25, -0.2) is 4.58 Å². The zero-order chi connectivity index (χ0) is 25.3. The Labute approximate surface area is 202 Å². The van der Waals surface area contributed by atoms with E-state index < -0.39 is 7.25 Å². The van der Waals surface area contributed by atoms with E-state index in [1.807, 2.05) is 40.3 Å². The Kier molecular flexibility index (Phi) is 9.80. The SMILES string of the molecule is CN(C)c1ccc(C=CC2=C/C(=C\C=C3C=CC(=[N+](C)C)C=C3)SC(O)=C2)cc1.F[B-](F)(F)F. The van der Waals surface area contributed by atoms with Gasteiger partial charge >= 0.3 is 7.25 Å². The van der Waals surface area contributed by atoms with Gasteiger partial charge in [0.25, 0.3) is 0 Å². The summed E-state index contributed by atoms with van der Waals surface area (Å²) in [6.07, 6.45) is 20.5. The Hall–Kier alpha value is -3.20. The normalized spacial score (nSPS) is 16.8. The van der Waals surface area contributed by atoms with E-state index in [2.05, 4.69) is 76.3 Å². The highest BCUT2D eigenvalue weighted by Crippen LogP contribution is 2.32. The smallest absolute Gasteiger partial charge is 0.502 e. The molecule has 0 bridgehead atoms. The molecule has 34 heavy (non-hydrogen) atoms. The van der Waals surface area contributed by atoms with Crippen LogP contribution in [0.1, 0.15) is 5.56 Å². The van der Waals surface area contributed by atoms with E-state index in [4.69, 9.17) is 0 Å². The van der Waals surface area contributed by atoms with Crippen molar-refractivity contribution in [3.05, 3.63) is 106 Å². The molecule has 0 amide bonds. The highest BCUT2D eigenvalue weighted by Gasteiger charge is 2.20. The van der Waals surface area contributed by atoms with Gasteiger partial charge in [0, 0.05) is 36.8 Å². The number of rotatable bonds is 4. The average Bonchev–Trinajstić information content (AvgIpc) is 2.75. The molecule has 1 heterocycles. The zero-order valence-corrected chi connectivity index (χ0v) is 20.2. The van der Waals surface area contributed by atoms with Crippen LogP contribution in [-0.4, -0.2) is 50.8 Å². The predicted octanol–water partition coefficient (Wildman–Crippen LogP) is 6.79. The van der Waals surface area contributed by atoms with Gasteiger partial charge in [0.2, 0.25) is 0 Å². The van der Waals surface area contributed by atoms with Crippen molar-refractivity contribution < 1.29 is 26.9 Å². The van der Waals surface area contributed by atoms with E-state index in [9.17, 15) is 22.4 Å². The molecule has 3 nitrogen and oxygen atoms in total. The fourth-order valence-electron chi connectivity index (χ4n) is 2.84. The molecular formula is C25H27BF4N2OS. The molecular weight excluding hydrogens is 463 g/mol. The molecule has 0 spiro atoms. The van der Waals surface area contributed by atoms with Gasteiger partial charge in [-0.3, -0.25) is 0 Å². The molecule has 1 aromatic rings. The fourth-order valence-corrected chi connectivity index (χ4v) is 3.61. The van der Waals surface area contributed by atoms with E-state index in [-0.39, 0.29) is 0 Å². The number of allylic oxidation sites excluding steroid dienone is 11. The molecule has 0 fully saturated rings. The summed E-state index contributed by atoms with van der Waals surface area (Å²) >= 11 is 1.37. The van der Waals surface area contributed by atoms with Crippen molar-refractivity contribution in [2.24, 2.45) is 0 Å². The minimum atomic E-state index is -6.00. The van der Waals surface area contributed by atoms with Crippen LogP contribution in [0.15, 0.2) is 100 Å². The third-order valence-corrected chi connectivity index (χ3v) is 5.37. The van der Waals surface area contributed by atoms with Crippen molar-refractivity contribution in [1.82, 2.24) is 0 Å². The first kappa shape index (κ1) is 27.1. The molecule has 0 saturated carbocycles. The molecule has 0 saturated heterocycles. The van der Waals surface area contributed by atoms with E-state index >= 15 is 0 Å². The minimum Gasteiger partial charge on any atom is -0.502 e. The Morgan fingerprint density at radius 3 is 2.00 bits per heavy atom. The molecule has 1 N–H and O–H groups in total. The standard InChI is InChI=1S/C25H26N2OS.BF4/c1-26(2)22-12-7-19(8-13-22)5-6-21-17-24(29-25(28)18-21)16-11-20-9-14-23(15-10-20)27(3)4;2-1(3,4)5/h5-18H,1-4H3;/q;-1/p+1. The van der Waals surface area contributed by atoms with E-state index in [1.165, 1.54) is 23.2 Å². The summed E-state index contributed by atoms with van der Waals surface area (Å²) in [4.78, 5) is 3.08. The molecule has 0 atom stereocenters. The van der Waals surface area contributed by atoms with Crippen molar-refractivity contribution in [2.45, 2.75) is 0 Å². The van der Waals surface area contributed by atoms with Crippen LogP contribution in [0.4, 0.5) is 23.0 Å². The maximum atomic E-state index is 10.1. The molecule has 0 aromatic heterocycles. The number of nitrogens with zero attached hydrogens (tertiary/aromatic N) is 2. The van der Waals surface area contributed by atoms with Crippen molar-refractivity contribution in [3.63, 3.8) is 0 Å². The number of halogens is 4. The van der Waals surface area contributed by atoms with Crippen molar-refractivity contribution in [2.75, 3.05) is 33.1 Å². The molecule has 3 rings (SSSR count). The van der Waals surface area contributed by atoms with Crippen LogP contribution in [-0.2, 0) is 0 Å². The lowest BCUT2D eigenvalue weighted by molar-refractivity contribution is -0.462. The number of hydrogen-bond acceptors (Lipinski definition) is 3. The number of aliphatic hydroxyl groups excluding tert-OH is 1. The Balaban J connectivity index is 0.000000739. The largest absolute Gasteiger partial charge is 0.673 e. The van der Waals surface area contributed by atoms with Gasteiger partial charge in [0.05, 0.1) is 0 Å². The molecule has 0 unspecified atom stereocenters. The van der Waals surface area contributed by atoms with Crippen LogP contribution in [0.2, 0.25) is 0 Å². The number of thioether (sulfide) groups is 1. The summed E-state index contributed by atoms with van der Waals surface area (Å²) in [7, 11) is 2.13. The maximum absolute atomic E-state index is 10.1. The van der Waals surface area contributed by atoms with Crippen LogP contribution in [0.5, 0.6) is 0 Å². The lowest BCUT2D eigenvalue weighted by Crippen LogP contribution is -2.09. The minimum absolute atomic E-state index is 0.303. The topological polar surface area (TPSA) is 26.5 Å². The molecule has 1 aliphatic carbocycles. The monoisotopic (exact) mass is 490 g/mol. The molecule has 1 aromatic carbocycles. The van der Waals surface area contributed by atoms with E-state index in [0.717, 1.165) is 21.6 Å². The second kappa shape index (κ2) is 12.3. The number of hydrogen-bond donors (Lipinski definition) is 1. The Morgan fingerprint density at radius 1 is 0.882 bits per heavy atom. The lowest BCUT2D eigenvalue weighted by atomic mass is 10.1. The lowest BCUT2D eigenvalue weighted by Gasteiger charge is -2.12. The van der Waals surface area contributed by atoms with Gasteiger partial charge in [-0.15, -0.1) is 0 Å². The Bertz CT molecular complexity index is 1090. The second-order valence-corrected chi connectivity index (χ2v) is 8.86. The average molecular weight is 490 g/mol. The molecule has 0 radical (unpaired) electrons. The van der Waals surface area contributed by atoms with E-state index in [0.29, 0.717) is 5.09 Å². The molecule has 2 aliphatic rings. The van der Waals surface area contributed by atoms with Crippen LogP contribution < -0.4 is 4.90 Å². The van der Waals surface area contributed by atoms with Gasteiger partial charge < -0.3 is 27.3 Å². The third kappa shape index (κ3) is 10.2. The van der Waals surface area contributed by atoms with E-state index in [1.54, 1.807) is 6.08 Å². The maximum Gasteiger partial charge on any atom is 0.673 e. The first-order valence-electron chi connectivity index (χ1n) is 10.4. The highest BCUT2D eigenvalue weighted by atomic mass is 32.2. The van der Waals surface area contributed by atoms with Gasteiger partial charge in [-0.1, -0.05) is 42.1 Å². The number of anilines is 1. The number of benzene rings is 1. The van der Waals surface area contributed by atoms with Gasteiger partial charge in [0.1, 0.15) is 14.1 Å². The number of aliphatic hydroxyl groups is 1. The van der Waals surface area contributed by atoms with Gasteiger partial charge in [-0.05, 0) is 59.2 Å². The van der Waals surface area contributed by atoms with Crippen LogP contribution >= 0.6 is 11.8 Å². The first-order valence-corrected chi connectivity index (χ1v) is 11.2. The third-order valence-electron chi connectivity index (χ3n) is 4.55. The summed E-state index contributed by atoms with van der Waals surface area (Å²) in [6, 6.07) is 8.38. The highest BCUT2D eigenvalue weighted by molar-refractivity contribution is 8.06. The Morgan fingerprint density at radius 2 is 1.47 bits per heavy atom. The second-order valence-electron chi connectivity index (χ2n) is 7.76. The fraction of sp³-hybridized carbons (Fsp3) is 0.160. The summed E-state index contributed by atoms with van der Waals surface area (Å²) in [5, 5.41) is 10.4. The molecule has 1 aliphatic heterocycles. The van der Waals surface area contributed by atoms with Gasteiger partial charge in [0.15, 0.2) is 10.8 Å². The van der Waals surface area contributed by atoms with Crippen LogP contribution in [0, 0.1) is 0 Å². The zero-order valence-electron chi connectivity index (χ0n) is 19.4. The van der Waals surface area contributed by atoms with Gasteiger partial charge in [-0.2, -0.15) is 0 Å². The van der Waals surface area contributed by atoms with Crippen molar-refractivity contribution in [1.29, 1.82) is 0 Å². The van der Waals surface area contributed by atoms with Crippen LogP contribution in [0.3, 0.4) is 0 Å². The first-order chi connectivity index (χ1) is 15.9. The molecule has 180 valence electrons. The summed E-state index contributed by atoms with van der Waals surface area (Å²) < 4.78 is 41.1. The predicted molar refractivity (Wildman–Crippen MR) is 138 cm³/mol. The van der Waals surface area contributed by atoms with Crippen LogP contribution in [0.25, 0.3) is 6.08 Å². The molecule has 9 heteroatoms. The summed E-state index contributed by atoms with van der Waals surface area (Å²) in [5.74, 6) is 0. The van der Waals surface area contributed by atoms with Crippen molar-refractivity contribution >= 4 is 36.5 Å².